The van der Waals surface area contributed by atoms with Gasteiger partial charge >= 0.3 is 0 Å². The van der Waals surface area contributed by atoms with E-state index in [1.54, 1.807) is 0 Å². The van der Waals surface area contributed by atoms with Crippen LogP contribution in [0, 0.1) is 0 Å². The number of fused-ring (bicyclic) bond motifs is 1. The number of hydrogen-bond donors (Lipinski definition) is 0. The van der Waals surface area contributed by atoms with Crippen molar-refractivity contribution in [2.24, 2.45) is 0 Å². The molecule has 0 saturated heterocycles. The van der Waals surface area contributed by atoms with Gasteiger partial charge in [-0.05, 0) is 12.5 Å². The van der Waals surface area contributed by atoms with Crippen molar-refractivity contribution >= 4 is 0 Å². The molecule has 0 aliphatic carbocycles. The summed E-state index contributed by atoms with van der Waals surface area (Å²) in [7, 11) is 0. The minimum absolute atomic E-state index is 0.247. The molecule has 1 heterocycles. The Kier molecular flexibility index (Phi) is 1.60. The molecular weight excluding hydrogens is 148 g/mol. The van der Waals surface area contributed by atoms with Gasteiger partial charge in [0.1, 0.15) is 5.75 Å². The van der Waals surface area contributed by atoms with Gasteiger partial charge in [-0.25, -0.2) is 0 Å². The van der Waals surface area contributed by atoms with Gasteiger partial charge < -0.3 is 4.74 Å². The Labute approximate surface area is 73.4 Å². The summed E-state index contributed by atoms with van der Waals surface area (Å²) in [6, 6.07) is 8.34. The molecular formula is C11H14O. The first-order chi connectivity index (χ1) is 5.76. The summed E-state index contributed by atoms with van der Waals surface area (Å²) >= 11 is 0. The maximum atomic E-state index is 5.60. The summed E-state index contributed by atoms with van der Waals surface area (Å²) in [5.41, 5.74) is 1.61. The van der Waals surface area contributed by atoms with Crippen molar-refractivity contribution in [2.75, 3.05) is 6.61 Å². The maximum Gasteiger partial charge on any atom is 0.123 e. The van der Waals surface area contributed by atoms with Crippen LogP contribution >= 0.6 is 0 Å². The molecule has 1 heteroatoms. The Hall–Kier alpha value is -0.980. The van der Waals surface area contributed by atoms with E-state index in [1.807, 2.05) is 6.07 Å². The van der Waals surface area contributed by atoms with E-state index in [9.17, 15) is 0 Å². The van der Waals surface area contributed by atoms with Crippen LogP contribution in [0.1, 0.15) is 25.8 Å². The van der Waals surface area contributed by atoms with Gasteiger partial charge in [-0.2, -0.15) is 0 Å². The van der Waals surface area contributed by atoms with Gasteiger partial charge in [0.2, 0.25) is 0 Å². The Morgan fingerprint density at radius 2 is 2.17 bits per heavy atom. The third-order valence-electron chi connectivity index (χ3n) is 2.86. The van der Waals surface area contributed by atoms with E-state index >= 15 is 0 Å². The second-order valence-corrected chi connectivity index (χ2v) is 3.70. The lowest BCUT2D eigenvalue weighted by Gasteiger charge is -2.19. The SMILES string of the molecule is CCC1(C)COc2ccccc21. The maximum absolute atomic E-state index is 5.60. The lowest BCUT2D eigenvalue weighted by Crippen LogP contribution is -2.22. The number of rotatable bonds is 1. The van der Waals surface area contributed by atoms with Crippen LogP contribution in [0.2, 0.25) is 0 Å². The average molecular weight is 162 g/mol. The number of ether oxygens (including phenoxy) is 1. The summed E-state index contributed by atoms with van der Waals surface area (Å²) in [5, 5.41) is 0. The lowest BCUT2D eigenvalue weighted by molar-refractivity contribution is 0.273. The Balaban J connectivity index is 2.49. The van der Waals surface area contributed by atoms with E-state index in [4.69, 9.17) is 4.74 Å². The highest BCUT2D eigenvalue weighted by Crippen LogP contribution is 2.40. The quantitative estimate of drug-likeness (QED) is 0.617. The van der Waals surface area contributed by atoms with Crippen LogP contribution in [0.3, 0.4) is 0 Å². The van der Waals surface area contributed by atoms with Crippen molar-refractivity contribution in [1.82, 2.24) is 0 Å². The molecule has 1 aromatic carbocycles. The minimum atomic E-state index is 0.247. The molecule has 1 atom stereocenters. The van der Waals surface area contributed by atoms with Crippen LogP contribution in [0.25, 0.3) is 0 Å². The fourth-order valence-electron chi connectivity index (χ4n) is 1.70. The summed E-state index contributed by atoms with van der Waals surface area (Å²) in [6.07, 6.45) is 1.14. The van der Waals surface area contributed by atoms with Crippen LogP contribution in [0.15, 0.2) is 24.3 Å². The molecule has 0 fully saturated rings. The molecule has 0 N–H and O–H groups in total. The standard InChI is InChI=1S/C11H14O/c1-3-11(2)8-12-10-7-5-4-6-9(10)11/h4-7H,3,8H2,1-2H3. The number of hydrogen-bond acceptors (Lipinski definition) is 1. The predicted molar refractivity (Wildman–Crippen MR) is 49.6 cm³/mol. The zero-order valence-corrected chi connectivity index (χ0v) is 7.63. The van der Waals surface area contributed by atoms with Crippen molar-refractivity contribution in [3.8, 4) is 5.75 Å². The summed E-state index contributed by atoms with van der Waals surface area (Å²) in [6.45, 7) is 5.31. The van der Waals surface area contributed by atoms with Gasteiger partial charge in [0, 0.05) is 11.0 Å². The first-order valence-corrected chi connectivity index (χ1v) is 4.48. The Morgan fingerprint density at radius 1 is 1.42 bits per heavy atom. The second-order valence-electron chi connectivity index (χ2n) is 3.70. The van der Waals surface area contributed by atoms with Crippen LogP contribution in [0.5, 0.6) is 5.75 Å². The smallest absolute Gasteiger partial charge is 0.123 e. The summed E-state index contributed by atoms with van der Waals surface area (Å²) in [5.74, 6) is 1.07. The van der Waals surface area contributed by atoms with E-state index in [2.05, 4.69) is 32.0 Å². The molecule has 2 rings (SSSR count). The number of benzene rings is 1. The van der Waals surface area contributed by atoms with Gasteiger partial charge in [0.25, 0.3) is 0 Å². The van der Waals surface area contributed by atoms with Crippen LogP contribution in [0.4, 0.5) is 0 Å². The summed E-state index contributed by atoms with van der Waals surface area (Å²) in [4.78, 5) is 0. The number of para-hydroxylation sites is 1. The predicted octanol–water partition coefficient (Wildman–Crippen LogP) is 2.75. The van der Waals surface area contributed by atoms with Gasteiger partial charge in [0.05, 0.1) is 6.61 Å². The zero-order chi connectivity index (χ0) is 8.60. The van der Waals surface area contributed by atoms with Crippen molar-refractivity contribution in [2.45, 2.75) is 25.7 Å². The highest BCUT2D eigenvalue weighted by atomic mass is 16.5. The van der Waals surface area contributed by atoms with Crippen LogP contribution in [-0.2, 0) is 5.41 Å². The molecule has 1 aromatic rings. The molecule has 12 heavy (non-hydrogen) atoms. The van der Waals surface area contributed by atoms with E-state index < -0.39 is 0 Å². The van der Waals surface area contributed by atoms with Crippen LogP contribution in [-0.4, -0.2) is 6.61 Å². The first kappa shape index (κ1) is 7.66. The first-order valence-electron chi connectivity index (χ1n) is 4.48. The van der Waals surface area contributed by atoms with Gasteiger partial charge in [0.15, 0.2) is 0 Å². The second kappa shape index (κ2) is 2.51. The zero-order valence-electron chi connectivity index (χ0n) is 7.63. The summed E-state index contributed by atoms with van der Waals surface area (Å²) < 4.78 is 5.60. The largest absolute Gasteiger partial charge is 0.492 e. The Bertz CT molecular complexity index is 293. The molecule has 0 radical (unpaired) electrons. The molecule has 1 nitrogen and oxygen atoms in total. The molecule has 1 aliphatic heterocycles. The minimum Gasteiger partial charge on any atom is -0.492 e. The van der Waals surface area contributed by atoms with E-state index in [0.717, 1.165) is 18.8 Å². The third-order valence-corrected chi connectivity index (χ3v) is 2.86. The molecule has 0 amide bonds. The van der Waals surface area contributed by atoms with Crippen molar-refractivity contribution in [3.05, 3.63) is 29.8 Å². The topological polar surface area (TPSA) is 9.23 Å². The highest BCUT2D eigenvalue weighted by Gasteiger charge is 2.33. The average Bonchev–Trinajstić information content (AvgIpc) is 2.46. The van der Waals surface area contributed by atoms with E-state index in [0.29, 0.717) is 0 Å². The fourth-order valence-corrected chi connectivity index (χ4v) is 1.70. The Morgan fingerprint density at radius 3 is 2.92 bits per heavy atom. The molecule has 0 saturated carbocycles. The normalized spacial score (nSPS) is 26.5. The molecule has 0 spiro atoms. The molecule has 0 aromatic heterocycles. The van der Waals surface area contributed by atoms with Crippen molar-refractivity contribution in [1.29, 1.82) is 0 Å². The third kappa shape index (κ3) is 0.927. The van der Waals surface area contributed by atoms with Gasteiger partial charge in [-0.1, -0.05) is 32.0 Å². The van der Waals surface area contributed by atoms with Gasteiger partial charge in [-0.3, -0.25) is 0 Å². The van der Waals surface area contributed by atoms with Crippen molar-refractivity contribution < 1.29 is 4.74 Å². The molecule has 0 bridgehead atoms. The highest BCUT2D eigenvalue weighted by molar-refractivity contribution is 5.42. The lowest BCUT2D eigenvalue weighted by atomic mass is 9.82. The molecule has 1 unspecified atom stereocenters. The van der Waals surface area contributed by atoms with E-state index in [1.165, 1.54) is 5.56 Å². The fraction of sp³-hybridized carbons (Fsp3) is 0.455. The van der Waals surface area contributed by atoms with Gasteiger partial charge in [-0.15, -0.1) is 0 Å². The monoisotopic (exact) mass is 162 g/mol. The molecule has 64 valence electrons. The van der Waals surface area contributed by atoms with Crippen molar-refractivity contribution in [3.63, 3.8) is 0 Å². The van der Waals surface area contributed by atoms with Crippen LogP contribution < -0.4 is 4.74 Å². The van der Waals surface area contributed by atoms with E-state index in [-0.39, 0.29) is 5.41 Å². The molecule has 1 aliphatic rings.